The van der Waals surface area contributed by atoms with E-state index in [1.807, 2.05) is 6.07 Å². The van der Waals surface area contributed by atoms with Crippen molar-refractivity contribution in [1.29, 1.82) is 0 Å². The third-order valence-electron chi connectivity index (χ3n) is 4.84. The number of hydrogen-bond donors (Lipinski definition) is 1. The summed E-state index contributed by atoms with van der Waals surface area (Å²) in [5, 5.41) is 0. The van der Waals surface area contributed by atoms with Crippen LogP contribution in [0.15, 0.2) is 18.2 Å². The molecule has 1 aromatic rings. The van der Waals surface area contributed by atoms with E-state index in [0.29, 0.717) is 0 Å². The molecule has 1 aliphatic carbocycles. The highest BCUT2D eigenvalue weighted by Gasteiger charge is 2.34. The van der Waals surface area contributed by atoms with E-state index >= 15 is 0 Å². The van der Waals surface area contributed by atoms with Crippen LogP contribution in [0.4, 0.5) is 0 Å². The minimum Gasteiger partial charge on any atom is -0.489 e. The van der Waals surface area contributed by atoms with Gasteiger partial charge in [-0.05, 0) is 38.5 Å². The smallest absolute Gasteiger partial charge is 0.165 e. The lowest BCUT2D eigenvalue weighted by molar-refractivity contribution is 0.105. The van der Waals surface area contributed by atoms with Gasteiger partial charge in [0.15, 0.2) is 11.5 Å². The second-order valence-corrected chi connectivity index (χ2v) is 7.61. The van der Waals surface area contributed by atoms with Gasteiger partial charge in [-0.15, -0.1) is 0 Å². The minimum absolute atomic E-state index is 0.117. The van der Waals surface area contributed by atoms with Crippen LogP contribution >= 0.6 is 12.6 Å². The molecule has 0 unspecified atom stereocenters. The molecule has 1 aliphatic heterocycles. The first-order valence-corrected chi connectivity index (χ1v) is 8.72. The Balaban J connectivity index is 1.73. The Bertz CT molecular complexity index is 504. The molecule has 1 saturated carbocycles. The van der Waals surface area contributed by atoms with Crippen molar-refractivity contribution < 1.29 is 9.47 Å². The van der Waals surface area contributed by atoms with Crippen molar-refractivity contribution in [2.24, 2.45) is 5.41 Å². The molecule has 1 aromatic carbocycles. The van der Waals surface area contributed by atoms with Crippen molar-refractivity contribution in [3.63, 3.8) is 0 Å². The maximum atomic E-state index is 6.20. The van der Waals surface area contributed by atoms with E-state index in [9.17, 15) is 0 Å². The fraction of sp³-hybridized carbons (Fsp3) is 0.667. The Morgan fingerprint density at radius 2 is 1.95 bits per heavy atom. The maximum Gasteiger partial charge on any atom is 0.165 e. The van der Waals surface area contributed by atoms with E-state index in [1.54, 1.807) is 0 Å². The van der Waals surface area contributed by atoms with Crippen LogP contribution in [0.2, 0.25) is 0 Å². The average molecular weight is 306 g/mol. The number of hydrogen-bond acceptors (Lipinski definition) is 3. The van der Waals surface area contributed by atoms with E-state index < -0.39 is 0 Å². The van der Waals surface area contributed by atoms with E-state index in [0.717, 1.165) is 30.3 Å². The quantitative estimate of drug-likeness (QED) is 0.816. The van der Waals surface area contributed by atoms with Gasteiger partial charge in [-0.2, -0.15) is 12.6 Å². The molecule has 0 aromatic heterocycles. The average Bonchev–Trinajstić information content (AvgIpc) is 2.80. The lowest BCUT2D eigenvalue weighted by Crippen LogP contribution is -2.33. The van der Waals surface area contributed by atoms with Crippen LogP contribution in [0.25, 0.3) is 0 Å². The van der Waals surface area contributed by atoms with Gasteiger partial charge in [0.25, 0.3) is 0 Å². The highest BCUT2D eigenvalue weighted by Crippen LogP contribution is 2.43. The van der Waals surface area contributed by atoms with Crippen LogP contribution in [0.3, 0.4) is 0 Å². The van der Waals surface area contributed by atoms with Crippen molar-refractivity contribution in [1.82, 2.24) is 0 Å². The molecule has 0 atom stereocenters. The van der Waals surface area contributed by atoms with E-state index in [1.165, 1.54) is 37.7 Å². The SMILES string of the molecule is CC1(C)Cc2cccc(OCC3(CS)CCCCC3)c2O1. The molecule has 0 saturated heterocycles. The molecule has 116 valence electrons. The number of para-hydroxylation sites is 1. The van der Waals surface area contributed by atoms with Crippen LogP contribution in [0, 0.1) is 5.41 Å². The van der Waals surface area contributed by atoms with E-state index in [4.69, 9.17) is 9.47 Å². The molecular weight excluding hydrogens is 280 g/mol. The summed E-state index contributed by atoms with van der Waals surface area (Å²) in [4.78, 5) is 0. The molecule has 2 nitrogen and oxygen atoms in total. The molecule has 0 radical (unpaired) electrons. The molecule has 0 bridgehead atoms. The first-order chi connectivity index (χ1) is 10.0. The standard InChI is InChI=1S/C18H26O2S/c1-17(2)11-14-7-6-8-15(16(14)20-17)19-12-18(13-21)9-4-3-5-10-18/h6-8,21H,3-5,9-13H2,1-2H3. The van der Waals surface area contributed by atoms with Crippen LogP contribution in [0.5, 0.6) is 11.5 Å². The lowest BCUT2D eigenvalue weighted by Gasteiger charge is -2.35. The zero-order chi connectivity index (χ0) is 14.9. The topological polar surface area (TPSA) is 18.5 Å². The second-order valence-electron chi connectivity index (χ2n) is 7.29. The summed E-state index contributed by atoms with van der Waals surface area (Å²) in [5.41, 5.74) is 1.40. The zero-order valence-corrected chi connectivity index (χ0v) is 14.0. The zero-order valence-electron chi connectivity index (χ0n) is 13.2. The van der Waals surface area contributed by atoms with Crippen LogP contribution in [0.1, 0.15) is 51.5 Å². The van der Waals surface area contributed by atoms with Gasteiger partial charge in [-0.25, -0.2) is 0 Å². The molecule has 1 heterocycles. The first-order valence-electron chi connectivity index (χ1n) is 8.08. The predicted molar refractivity (Wildman–Crippen MR) is 89.7 cm³/mol. The normalized spacial score (nSPS) is 22.4. The summed E-state index contributed by atoms with van der Waals surface area (Å²) < 4.78 is 12.3. The summed E-state index contributed by atoms with van der Waals surface area (Å²) in [5.74, 6) is 2.77. The molecule has 1 fully saturated rings. The number of benzene rings is 1. The van der Waals surface area contributed by atoms with Crippen LogP contribution in [-0.4, -0.2) is 18.0 Å². The van der Waals surface area contributed by atoms with Crippen molar-refractivity contribution in [2.45, 2.75) is 58.0 Å². The second kappa shape index (κ2) is 5.75. The summed E-state index contributed by atoms with van der Waals surface area (Å²) in [6, 6.07) is 6.26. The number of fused-ring (bicyclic) bond motifs is 1. The van der Waals surface area contributed by atoms with Crippen molar-refractivity contribution in [2.75, 3.05) is 12.4 Å². The lowest BCUT2D eigenvalue weighted by atomic mass is 9.76. The van der Waals surface area contributed by atoms with Crippen molar-refractivity contribution in [3.05, 3.63) is 23.8 Å². The summed E-state index contributed by atoms with van der Waals surface area (Å²) in [6.07, 6.45) is 7.39. The third kappa shape index (κ3) is 3.18. The van der Waals surface area contributed by atoms with Crippen LogP contribution in [-0.2, 0) is 6.42 Å². The fourth-order valence-electron chi connectivity index (χ4n) is 3.58. The highest BCUT2D eigenvalue weighted by molar-refractivity contribution is 7.80. The number of ether oxygens (including phenoxy) is 2. The van der Waals surface area contributed by atoms with E-state index in [2.05, 4.69) is 38.6 Å². The predicted octanol–water partition coefficient (Wildman–Crippen LogP) is 4.66. The number of thiol groups is 1. The van der Waals surface area contributed by atoms with Gasteiger partial charge in [-0.1, -0.05) is 31.4 Å². The molecule has 21 heavy (non-hydrogen) atoms. The summed E-state index contributed by atoms with van der Waals surface area (Å²) in [6.45, 7) is 5.02. The monoisotopic (exact) mass is 306 g/mol. The summed E-state index contributed by atoms with van der Waals surface area (Å²) in [7, 11) is 0. The Morgan fingerprint density at radius 3 is 2.67 bits per heavy atom. The highest BCUT2D eigenvalue weighted by atomic mass is 32.1. The molecule has 0 N–H and O–H groups in total. The molecule has 3 heteroatoms. The number of rotatable bonds is 4. The maximum absolute atomic E-state index is 6.20. The molecular formula is C18H26O2S. The minimum atomic E-state index is -0.117. The van der Waals surface area contributed by atoms with Gasteiger partial charge in [0.2, 0.25) is 0 Å². The molecule has 2 aliphatic rings. The van der Waals surface area contributed by atoms with Gasteiger partial charge >= 0.3 is 0 Å². The molecule has 0 spiro atoms. The van der Waals surface area contributed by atoms with Gasteiger partial charge in [-0.3, -0.25) is 0 Å². The van der Waals surface area contributed by atoms with Crippen molar-refractivity contribution in [3.8, 4) is 11.5 Å². The van der Waals surface area contributed by atoms with Gasteiger partial charge in [0.1, 0.15) is 5.60 Å². The Morgan fingerprint density at radius 1 is 1.19 bits per heavy atom. The van der Waals surface area contributed by atoms with Gasteiger partial charge in [0.05, 0.1) is 6.61 Å². The third-order valence-corrected chi connectivity index (χ3v) is 5.51. The first kappa shape index (κ1) is 15.1. The Labute approximate surface area is 133 Å². The van der Waals surface area contributed by atoms with Gasteiger partial charge in [0, 0.05) is 17.4 Å². The fourth-order valence-corrected chi connectivity index (χ4v) is 3.99. The summed E-state index contributed by atoms with van der Waals surface area (Å²) >= 11 is 4.59. The van der Waals surface area contributed by atoms with Gasteiger partial charge < -0.3 is 9.47 Å². The Kier molecular flexibility index (Phi) is 4.13. The van der Waals surface area contributed by atoms with Crippen LogP contribution < -0.4 is 9.47 Å². The molecule has 3 rings (SSSR count). The van der Waals surface area contributed by atoms with Crippen molar-refractivity contribution >= 4 is 12.6 Å². The Hall–Kier alpha value is -0.830. The van der Waals surface area contributed by atoms with E-state index in [-0.39, 0.29) is 11.0 Å². The largest absolute Gasteiger partial charge is 0.489 e. The molecule has 0 amide bonds.